The Hall–Kier alpha value is -2.35. The first-order chi connectivity index (χ1) is 9.36. The second kappa shape index (κ2) is 6.71. The van der Waals surface area contributed by atoms with Crippen LogP contribution in [0.4, 0.5) is 10.1 Å². The van der Waals surface area contributed by atoms with Crippen molar-refractivity contribution in [2.45, 2.75) is 18.9 Å². The highest BCUT2D eigenvalue weighted by Gasteiger charge is 2.21. The number of ether oxygens (including phenoxy) is 1. The van der Waals surface area contributed by atoms with Crippen LogP contribution in [0.2, 0.25) is 0 Å². The van der Waals surface area contributed by atoms with Gasteiger partial charge in [-0.25, -0.2) is 0 Å². The van der Waals surface area contributed by atoms with E-state index in [2.05, 4.69) is 4.74 Å². The summed E-state index contributed by atoms with van der Waals surface area (Å²) in [6.45, 7) is 0. The predicted molar refractivity (Wildman–Crippen MR) is 66.6 cm³/mol. The fourth-order valence-corrected chi connectivity index (χ4v) is 1.53. The Labute approximate surface area is 113 Å². The van der Waals surface area contributed by atoms with Crippen molar-refractivity contribution in [3.05, 3.63) is 39.7 Å². The zero-order valence-electron chi connectivity index (χ0n) is 10.7. The van der Waals surface area contributed by atoms with Crippen molar-refractivity contribution in [1.82, 2.24) is 0 Å². The number of carbonyl (C=O) groups is 2. The lowest BCUT2D eigenvalue weighted by Crippen LogP contribution is -2.31. The molecule has 0 aliphatic carbocycles. The number of benzene rings is 1. The van der Waals surface area contributed by atoms with Crippen molar-refractivity contribution in [2.24, 2.45) is 5.73 Å². The normalized spacial score (nSPS) is 11.8. The Morgan fingerprint density at radius 3 is 2.70 bits per heavy atom. The van der Waals surface area contributed by atoms with Crippen LogP contribution >= 0.6 is 0 Å². The van der Waals surface area contributed by atoms with Crippen LogP contribution in [0.3, 0.4) is 0 Å². The third-order valence-electron chi connectivity index (χ3n) is 2.65. The van der Waals surface area contributed by atoms with Gasteiger partial charge in [-0.2, -0.15) is 4.39 Å². The molecule has 108 valence electrons. The number of nitrogens with zero attached hydrogens (tertiary/aromatic N) is 1. The molecular weight excluding hydrogens is 271 g/mol. The van der Waals surface area contributed by atoms with Crippen molar-refractivity contribution < 1.29 is 23.6 Å². The van der Waals surface area contributed by atoms with Gasteiger partial charge >= 0.3 is 11.7 Å². The van der Waals surface area contributed by atoms with Gasteiger partial charge < -0.3 is 10.5 Å². The van der Waals surface area contributed by atoms with E-state index in [9.17, 15) is 24.1 Å². The Bertz CT molecular complexity index is 547. The van der Waals surface area contributed by atoms with Gasteiger partial charge in [-0.05, 0) is 18.6 Å². The third kappa shape index (κ3) is 3.82. The fraction of sp³-hybridized carbons (Fsp3) is 0.333. The lowest BCUT2D eigenvalue weighted by Gasteiger charge is -2.09. The first-order valence-corrected chi connectivity index (χ1v) is 5.67. The largest absolute Gasteiger partial charge is 0.469 e. The van der Waals surface area contributed by atoms with E-state index in [1.165, 1.54) is 7.11 Å². The number of hydrogen-bond acceptors (Lipinski definition) is 6. The molecule has 0 fully saturated rings. The molecule has 0 saturated heterocycles. The van der Waals surface area contributed by atoms with Crippen LogP contribution in [0, 0.1) is 15.9 Å². The minimum atomic E-state index is -1.03. The second-order valence-corrected chi connectivity index (χ2v) is 4.01. The summed E-state index contributed by atoms with van der Waals surface area (Å²) in [5.41, 5.74) is 4.73. The number of methoxy groups -OCH3 is 1. The number of rotatable bonds is 6. The van der Waals surface area contributed by atoms with Crippen LogP contribution in [0.1, 0.15) is 23.2 Å². The summed E-state index contributed by atoms with van der Waals surface area (Å²) in [7, 11) is 1.21. The van der Waals surface area contributed by atoms with Crippen LogP contribution in [0.15, 0.2) is 18.2 Å². The average molecular weight is 284 g/mol. The van der Waals surface area contributed by atoms with Crippen LogP contribution in [0.5, 0.6) is 0 Å². The number of esters is 1. The molecule has 0 radical (unpaired) electrons. The van der Waals surface area contributed by atoms with Gasteiger partial charge in [0.05, 0.1) is 18.1 Å². The van der Waals surface area contributed by atoms with Gasteiger partial charge in [0.1, 0.15) is 0 Å². The average Bonchev–Trinajstić information content (AvgIpc) is 2.43. The molecule has 0 heterocycles. The number of ketones is 1. The van der Waals surface area contributed by atoms with Crippen LogP contribution < -0.4 is 5.73 Å². The topological polar surface area (TPSA) is 113 Å². The molecule has 0 bridgehead atoms. The molecule has 2 N–H and O–H groups in total. The van der Waals surface area contributed by atoms with Crippen LogP contribution in [-0.2, 0) is 9.53 Å². The summed E-state index contributed by atoms with van der Waals surface area (Å²) in [6, 6.07) is 1.76. The van der Waals surface area contributed by atoms with Crippen molar-refractivity contribution in [3.63, 3.8) is 0 Å². The Balaban J connectivity index is 2.84. The van der Waals surface area contributed by atoms with E-state index in [0.29, 0.717) is 0 Å². The molecule has 0 aliphatic rings. The van der Waals surface area contributed by atoms with E-state index >= 15 is 0 Å². The van der Waals surface area contributed by atoms with Gasteiger partial charge in [0, 0.05) is 18.1 Å². The van der Waals surface area contributed by atoms with Crippen LogP contribution in [0.25, 0.3) is 0 Å². The molecular formula is C12H13FN2O5. The summed E-state index contributed by atoms with van der Waals surface area (Å²) < 4.78 is 17.5. The fourth-order valence-electron chi connectivity index (χ4n) is 1.53. The molecule has 1 unspecified atom stereocenters. The monoisotopic (exact) mass is 284 g/mol. The molecule has 1 aromatic rings. The molecule has 1 atom stereocenters. The number of nitro groups is 1. The summed E-state index contributed by atoms with van der Waals surface area (Å²) in [6.07, 6.45) is -0.0105. The maximum absolute atomic E-state index is 13.1. The van der Waals surface area contributed by atoms with Crippen LogP contribution in [-0.4, -0.2) is 29.8 Å². The van der Waals surface area contributed by atoms with Gasteiger partial charge in [0.25, 0.3) is 0 Å². The van der Waals surface area contributed by atoms with E-state index < -0.39 is 34.2 Å². The zero-order chi connectivity index (χ0) is 15.3. The number of carbonyl (C=O) groups excluding carboxylic acids is 2. The van der Waals surface area contributed by atoms with Gasteiger partial charge in [0.15, 0.2) is 5.78 Å². The highest BCUT2D eigenvalue weighted by molar-refractivity contribution is 6.00. The number of halogens is 1. The molecule has 0 aliphatic heterocycles. The molecule has 0 saturated carbocycles. The smallest absolute Gasteiger partial charge is 0.305 e. The van der Waals surface area contributed by atoms with E-state index in [0.717, 1.165) is 18.2 Å². The Kier molecular flexibility index (Phi) is 5.27. The van der Waals surface area contributed by atoms with E-state index in [1.54, 1.807) is 0 Å². The van der Waals surface area contributed by atoms with Crippen molar-refractivity contribution >= 4 is 17.4 Å². The first-order valence-electron chi connectivity index (χ1n) is 5.67. The van der Waals surface area contributed by atoms with E-state index in [1.807, 2.05) is 0 Å². The molecule has 8 heteroatoms. The Morgan fingerprint density at radius 2 is 2.15 bits per heavy atom. The summed E-state index contributed by atoms with van der Waals surface area (Å²) >= 11 is 0. The van der Waals surface area contributed by atoms with Crippen molar-refractivity contribution in [2.75, 3.05) is 7.11 Å². The van der Waals surface area contributed by atoms with Gasteiger partial charge in [-0.15, -0.1) is 0 Å². The molecule has 0 spiro atoms. The standard InChI is InChI=1S/C12H13FN2O5/c1-20-11(16)5-4-9(14)12(17)7-2-3-8(13)10(6-7)15(18)19/h2-3,6,9H,4-5,14H2,1H3. The summed E-state index contributed by atoms with van der Waals surface area (Å²) in [5, 5.41) is 10.6. The van der Waals surface area contributed by atoms with E-state index in [4.69, 9.17) is 5.73 Å². The minimum Gasteiger partial charge on any atom is -0.469 e. The lowest BCUT2D eigenvalue weighted by atomic mass is 10.0. The third-order valence-corrected chi connectivity index (χ3v) is 2.65. The highest BCUT2D eigenvalue weighted by atomic mass is 19.1. The quantitative estimate of drug-likeness (QED) is 0.363. The summed E-state index contributed by atoms with van der Waals surface area (Å²) in [4.78, 5) is 32.5. The minimum absolute atomic E-state index is 0.0384. The van der Waals surface area contributed by atoms with Gasteiger partial charge in [0.2, 0.25) is 5.82 Å². The zero-order valence-corrected chi connectivity index (χ0v) is 10.7. The molecule has 7 nitrogen and oxygen atoms in total. The molecule has 0 aromatic heterocycles. The summed E-state index contributed by atoms with van der Waals surface area (Å²) in [5.74, 6) is -2.15. The number of Topliss-reactive ketones (excluding diaryl/α,β-unsaturated/α-hetero) is 1. The highest BCUT2D eigenvalue weighted by Crippen LogP contribution is 2.19. The Morgan fingerprint density at radius 1 is 1.50 bits per heavy atom. The molecule has 1 rings (SSSR count). The molecule has 0 amide bonds. The first kappa shape index (κ1) is 15.7. The molecule has 1 aromatic carbocycles. The maximum Gasteiger partial charge on any atom is 0.305 e. The number of hydrogen-bond donors (Lipinski definition) is 1. The lowest BCUT2D eigenvalue weighted by molar-refractivity contribution is -0.387. The number of nitrogens with two attached hydrogens (primary N) is 1. The van der Waals surface area contributed by atoms with E-state index in [-0.39, 0.29) is 18.4 Å². The maximum atomic E-state index is 13.1. The van der Waals surface area contributed by atoms with Crippen molar-refractivity contribution in [3.8, 4) is 0 Å². The van der Waals surface area contributed by atoms with Gasteiger partial charge in [-0.3, -0.25) is 19.7 Å². The SMILES string of the molecule is COC(=O)CCC(N)C(=O)c1ccc(F)c([N+](=O)[O-])c1. The number of nitro benzene ring substituents is 1. The predicted octanol–water partition coefficient (Wildman–Crippen LogP) is 1.20. The van der Waals surface area contributed by atoms with Crippen molar-refractivity contribution in [1.29, 1.82) is 0 Å². The van der Waals surface area contributed by atoms with Gasteiger partial charge in [-0.1, -0.05) is 0 Å². The molecule has 20 heavy (non-hydrogen) atoms. The second-order valence-electron chi connectivity index (χ2n) is 4.01.